The van der Waals surface area contributed by atoms with E-state index in [1.165, 1.54) is 49.3 Å². The molecule has 12 saturated heterocycles. The fraction of sp³-hybridized carbons (Fsp3) is 0.855. The molecule has 21 atom stereocenters. The van der Waals surface area contributed by atoms with Crippen LogP contribution in [0.5, 0.6) is 0 Å². The lowest BCUT2D eigenvalue weighted by molar-refractivity contribution is -0.207. The molecule has 9 N–H and O–H groups in total. The number of alkyl halides is 3. The minimum Gasteiger partial charge on any atom is -0.394 e. The van der Waals surface area contributed by atoms with Gasteiger partial charge in [-0.15, -0.1) is 0 Å². The summed E-state index contributed by atoms with van der Waals surface area (Å²) in [4.78, 5) is 69.0. The molecule has 0 aromatic carbocycles. The monoisotopic (exact) mass is 2110 g/mol. The summed E-state index contributed by atoms with van der Waals surface area (Å²) in [5.74, 6) is -1.08. The van der Waals surface area contributed by atoms with Crippen LogP contribution in [-0.4, -0.2) is 308 Å². The maximum Gasteiger partial charge on any atom is 0.523 e. The van der Waals surface area contributed by atoms with E-state index in [2.05, 4.69) is 128 Å². The number of H-pyrrole nitrogens is 2. The van der Waals surface area contributed by atoms with Crippen LogP contribution in [-0.2, 0) is 99.8 Å². The average Bonchev–Trinajstić information content (AvgIpc) is 1.61. The first-order valence-electron chi connectivity index (χ1n) is 38.2. The molecule has 690 valence electrons. The van der Waals surface area contributed by atoms with E-state index in [4.69, 9.17) is 94.4 Å². The first-order valence-corrected chi connectivity index (χ1v) is 44.5. The number of nitrogens with two attached hydrogens (primary N) is 2. The Morgan fingerprint density at radius 3 is 1.24 bits per heavy atom. The van der Waals surface area contributed by atoms with Crippen LogP contribution < -0.4 is 32.3 Å². The van der Waals surface area contributed by atoms with Crippen molar-refractivity contribution in [2.75, 3.05) is 118 Å². The number of aromatic nitrogens is 6. The molecule has 4 aromatic rings. The van der Waals surface area contributed by atoms with Crippen LogP contribution in [0.25, 0.3) is 20.7 Å². The zero-order valence-corrected chi connectivity index (χ0v) is 75.9. The number of hydrogen-bond acceptors (Lipinski definition) is 38. The Bertz CT molecular complexity index is 4130. The lowest BCUT2D eigenvalue weighted by Gasteiger charge is -2.28. The molecule has 0 spiro atoms. The van der Waals surface area contributed by atoms with Crippen LogP contribution in [0, 0.1) is 0 Å². The minimum absolute atomic E-state index is 0. The fourth-order valence-electron chi connectivity index (χ4n) is 15.8. The molecule has 120 heavy (non-hydrogen) atoms. The zero-order valence-electron chi connectivity index (χ0n) is 65.5. The van der Waals surface area contributed by atoms with Crippen LogP contribution in [0.4, 0.5) is 25.1 Å². The molecule has 16 rings (SSSR count). The SMILES string of the molecule is C.C.CC1(C)O[C@@H]2O[C@H](CO)C[C@@H]2O1.CC1(C)O[C@@H]2O[C@H](COBr)C[C@@H]2O1.CO[C@@H]1O[C@H](COBr)C[C@@H]1O.CO[C@@H]1O[C@H](COBr)C[C@@H]1OS(=O)(=O)C(F)(F)F.CO[C@@H]1O[C@H](COBr)C[C@H]1N1CCCC1.Nc1nc2c(sc(=O)n2[C@@H]2O[C@H](CO)C[C@H]2N2CCCC2)c(=O)[nH]1.Nc1nc2c(sc(=O)n2[C@@H]2O[C@H](COBr)C[C@H]2N2CCCC2)c(=O)[nH]1. The number of anilines is 2. The number of nitrogens with zero attached hydrogens (tertiary/aromatic N) is 7. The molecule has 51 heteroatoms. The molecular formula is C69H111Br5F3N11O29S3. The molecule has 16 heterocycles. The number of likely N-dealkylation sites (tertiary alicyclic amines) is 3. The highest BCUT2D eigenvalue weighted by Gasteiger charge is 2.54. The van der Waals surface area contributed by atoms with E-state index in [1.807, 2.05) is 27.7 Å². The van der Waals surface area contributed by atoms with Crippen molar-refractivity contribution in [2.45, 2.75) is 272 Å². The van der Waals surface area contributed by atoms with Crippen molar-refractivity contribution >= 4 is 147 Å². The lowest BCUT2D eigenvalue weighted by Crippen LogP contribution is -2.39. The van der Waals surface area contributed by atoms with Gasteiger partial charge in [-0.2, -0.15) is 31.6 Å². The smallest absolute Gasteiger partial charge is 0.394 e. The summed E-state index contributed by atoms with van der Waals surface area (Å²) in [6.07, 6.45) is 5.22. The van der Waals surface area contributed by atoms with Crippen LogP contribution >= 0.6 is 104 Å². The van der Waals surface area contributed by atoms with Gasteiger partial charge < -0.3 is 112 Å². The summed E-state index contributed by atoms with van der Waals surface area (Å²) in [7, 11) is -1.29. The van der Waals surface area contributed by atoms with Gasteiger partial charge >= 0.3 is 25.4 Å². The highest BCUT2D eigenvalue weighted by atomic mass is 79.9. The summed E-state index contributed by atoms with van der Waals surface area (Å²) in [5, 5.41) is 27.6. The Morgan fingerprint density at radius 2 is 0.842 bits per heavy atom. The summed E-state index contributed by atoms with van der Waals surface area (Å²) in [6, 6.07) is 0.417. The first-order chi connectivity index (χ1) is 56.2. The number of aliphatic hydroxyl groups excluding tert-OH is 3. The van der Waals surface area contributed by atoms with E-state index in [-0.39, 0.29) is 163 Å². The van der Waals surface area contributed by atoms with E-state index >= 15 is 0 Å². The van der Waals surface area contributed by atoms with E-state index < -0.39 is 81.7 Å². The van der Waals surface area contributed by atoms with Gasteiger partial charge in [0.25, 0.3) is 11.1 Å². The molecule has 40 nitrogen and oxygen atoms in total. The second-order valence-electron chi connectivity index (χ2n) is 30.1. The highest BCUT2D eigenvalue weighted by molar-refractivity contribution is 9.06. The van der Waals surface area contributed by atoms with Crippen LogP contribution in [0.1, 0.15) is 138 Å². The Balaban J connectivity index is 0.000000177. The molecule has 0 amide bonds. The first kappa shape index (κ1) is 103. The molecule has 12 fully saturated rings. The predicted octanol–water partition coefficient (Wildman–Crippen LogP) is 6.66. The number of aliphatic hydroxyl groups is 3. The van der Waals surface area contributed by atoms with Gasteiger partial charge in [-0.25, -0.2) is 0 Å². The van der Waals surface area contributed by atoms with Gasteiger partial charge in [-0.05, 0) is 125 Å². The number of hydrogen-bond donors (Lipinski definition) is 7. The quantitative estimate of drug-likeness (QED) is 0.0319. The van der Waals surface area contributed by atoms with Crippen molar-refractivity contribution < 1.29 is 127 Å². The third-order valence-corrected chi connectivity index (χ3v) is 25.1. The summed E-state index contributed by atoms with van der Waals surface area (Å²) >= 11 is 16.0. The molecule has 0 saturated carbocycles. The highest BCUT2D eigenvalue weighted by Crippen LogP contribution is 2.42. The van der Waals surface area contributed by atoms with Crippen molar-refractivity contribution in [2.24, 2.45) is 0 Å². The van der Waals surface area contributed by atoms with Crippen LogP contribution in [0.3, 0.4) is 0 Å². The molecule has 0 radical (unpaired) electrons. The Hall–Kier alpha value is -2.16. The molecule has 12 aliphatic heterocycles. The molecule has 0 unspecified atom stereocenters. The van der Waals surface area contributed by atoms with Gasteiger partial charge in [0.2, 0.25) is 11.9 Å². The maximum atomic E-state index is 12.6. The number of aromatic amines is 2. The Kier molecular flexibility index (Phi) is 40.8. The zero-order chi connectivity index (χ0) is 85.6. The Labute approximate surface area is 742 Å². The fourth-order valence-corrected chi connectivity index (χ4v) is 19.6. The van der Waals surface area contributed by atoms with Gasteiger partial charge in [-0.3, -0.25) is 57.2 Å². The summed E-state index contributed by atoms with van der Waals surface area (Å²) < 4.78 is 166. The third kappa shape index (κ3) is 27.0. The number of fused-ring (bicyclic) bond motifs is 4. The van der Waals surface area contributed by atoms with Crippen molar-refractivity contribution in [3.63, 3.8) is 0 Å². The standard InChI is InChI=1S/C14H18BrN5O4S.C14H19N5O4S.C10H18BrNO3.C8H13BrO4.C8H14O4.C7H10BrF3O6S.C6H11BrO4.2CH4/c15-23-6-7-5-8(19-3-1-2-4-19)12(24-7)20-10-9(25-14(20)22)11(21)18-13(16)17-10;15-13-16-10-9(11(21)17-13)24-14(22)19(10)12-8(5-7(6-20)23-12)18-3-1-2-4-18;1-13-10-9(12-4-2-3-5-12)6-8(15-10)7-14-11;1-8(2)12-6-3-5(4-10-9)11-7(6)13-8;1-8(2)11-6-3-5(4-9)10-7(6)12-8;1-14-6-5(2-4(16-6)3-15-8)17-18(12,13)7(9,10)11;1-9-6-5(8)2-4(11-6)3-10-7;;/h7-8,12H,1-6H2,(H3,16,17,18,21);7-8,12,20H,1-6H2,(H3,15,16,17,21);8-10H,2-7H2,1H3;5-7H,3-4H2,1-2H3;5-7,9H,3-4H2,1-2H3;4-6H,2-3H2,1H3;4-6,8H,2-3H2,1H3;2*1H4/t2*7-,8+,12+;8-,9+,10+;2*5-,6-,7-;2*4-,5-,6+;;/m0000000../s1. The van der Waals surface area contributed by atoms with Crippen molar-refractivity contribution in [1.82, 2.24) is 43.8 Å². The molecular weight excluding hydrogens is 2000 g/mol. The van der Waals surface area contributed by atoms with E-state index in [1.54, 1.807) is 7.11 Å². The number of thiazole rings is 2. The predicted molar refractivity (Wildman–Crippen MR) is 444 cm³/mol. The summed E-state index contributed by atoms with van der Waals surface area (Å²) in [5.41, 5.74) is 5.55. The van der Waals surface area contributed by atoms with Crippen LogP contribution in [0.2, 0.25) is 0 Å². The number of methoxy groups -OCH3 is 3. The second kappa shape index (κ2) is 47.4. The molecule has 0 aliphatic carbocycles. The molecule has 12 aliphatic rings. The van der Waals surface area contributed by atoms with Crippen LogP contribution in [0.15, 0.2) is 19.2 Å². The van der Waals surface area contributed by atoms with E-state index in [9.17, 15) is 51.0 Å². The molecule has 0 bridgehead atoms. The number of ether oxygens (including phenoxy) is 14. The van der Waals surface area contributed by atoms with Crippen molar-refractivity contribution in [1.29, 1.82) is 0 Å². The minimum atomic E-state index is -5.68. The number of halogens is 8. The van der Waals surface area contributed by atoms with E-state index in [0.717, 1.165) is 100 Å². The van der Waals surface area contributed by atoms with Gasteiger partial charge in [0.1, 0.15) is 33.8 Å². The normalized spacial score (nSPS) is 33.0. The number of nitrogens with one attached hydrogen (secondary N) is 2. The third-order valence-electron chi connectivity index (χ3n) is 20.9. The number of rotatable bonds is 22. The van der Waals surface area contributed by atoms with Gasteiger partial charge in [-0.1, -0.05) is 37.5 Å². The molecule has 4 aromatic heterocycles. The van der Waals surface area contributed by atoms with Gasteiger partial charge in [0.15, 0.2) is 66.8 Å². The average molecular weight is 2110 g/mol. The maximum absolute atomic E-state index is 12.6. The Morgan fingerprint density at radius 1 is 0.500 bits per heavy atom. The van der Waals surface area contributed by atoms with Gasteiger partial charge in [0.05, 0.1) is 188 Å². The van der Waals surface area contributed by atoms with E-state index in [0.29, 0.717) is 45.3 Å². The van der Waals surface area contributed by atoms with Crippen molar-refractivity contribution in [3.05, 3.63) is 40.0 Å². The van der Waals surface area contributed by atoms with Crippen molar-refractivity contribution in [3.8, 4) is 0 Å². The lowest BCUT2D eigenvalue weighted by atomic mass is 10.1. The van der Waals surface area contributed by atoms with Gasteiger partial charge in [0, 0.05) is 47.0 Å². The topological polar surface area (TPSA) is 477 Å². The second-order valence-corrected chi connectivity index (χ2v) is 35.9. The number of nitrogen functional groups attached to an aromatic ring is 2. The summed E-state index contributed by atoms with van der Waals surface area (Å²) in [6.45, 7) is 15.6. The largest absolute Gasteiger partial charge is 0.523 e.